The molecule has 0 aromatic carbocycles. The number of aromatic nitrogens is 2. The number of rotatable bonds is 8. The Hall–Kier alpha value is -1.20. The van der Waals surface area contributed by atoms with Crippen LogP contribution in [0.2, 0.25) is 0 Å². The van der Waals surface area contributed by atoms with Crippen LogP contribution in [0, 0.1) is 6.92 Å². The van der Waals surface area contributed by atoms with Crippen LogP contribution in [-0.2, 0) is 6.42 Å². The van der Waals surface area contributed by atoms with Gasteiger partial charge in [0.05, 0.1) is 6.61 Å². The third-order valence-corrected chi connectivity index (χ3v) is 2.24. The number of hydrogen-bond acceptors (Lipinski definition) is 5. The van der Waals surface area contributed by atoms with Gasteiger partial charge in [0.25, 0.3) is 0 Å². The lowest BCUT2D eigenvalue weighted by molar-refractivity contribution is 0.206. The van der Waals surface area contributed by atoms with Crippen LogP contribution in [0.3, 0.4) is 0 Å². The maximum Gasteiger partial charge on any atom is 0.216 e. The Morgan fingerprint density at radius 2 is 2.25 bits per heavy atom. The molecule has 0 fully saturated rings. The van der Waals surface area contributed by atoms with Crippen molar-refractivity contribution in [2.45, 2.75) is 19.8 Å². The lowest BCUT2D eigenvalue weighted by Crippen LogP contribution is -2.28. The predicted molar refractivity (Wildman–Crippen MR) is 61.1 cm³/mol. The van der Waals surface area contributed by atoms with E-state index in [1.807, 2.05) is 6.08 Å². The summed E-state index contributed by atoms with van der Waals surface area (Å²) in [6.07, 6.45) is 3.56. The Morgan fingerprint density at radius 3 is 2.81 bits per heavy atom. The first-order chi connectivity index (χ1) is 7.76. The van der Waals surface area contributed by atoms with Crippen LogP contribution in [-0.4, -0.2) is 46.4 Å². The molecule has 0 atom stereocenters. The molecule has 0 unspecified atom stereocenters. The van der Waals surface area contributed by atoms with E-state index in [4.69, 9.17) is 9.52 Å². The van der Waals surface area contributed by atoms with Crippen LogP contribution in [0.25, 0.3) is 0 Å². The summed E-state index contributed by atoms with van der Waals surface area (Å²) in [5.41, 5.74) is 0. The Morgan fingerprint density at radius 1 is 1.44 bits per heavy atom. The zero-order valence-electron chi connectivity index (χ0n) is 9.72. The Balaban J connectivity index is 2.24. The quantitative estimate of drug-likeness (QED) is 0.663. The Bertz CT molecular complexity index is 312. The largest absolute Gasteiger partial charge is 0.426 e. The van der Waals surface area contributed by atoms with Crippen molar-refractivity contribution in [1.29, 1.82) is 0 Å². The van der Waals surface area contributed by atoms with Crippen molar-refractivity contribution >= 4 is 0 Å². The molecule has 0 spiro atoms. The summed E-state index contributed by atoms with van der Waals surface area (Å²) in [4.78, 5) is 2.14. The van der Waals surface area contributed by atoms with Crippen LogP contribution >= 0.6 is 0 Å². The lowest BCUT2D eigenvalue weighted by atomic mass is 10.3. The standard InChI is InChI=1S/C11H19N3O2/c1-3-6-14(8-9-15)7-4-5-11-13-12-10(2)16-11/h3,15H,1,4-9H2,2H3. The fourth-order valence-electron chi connectivity index (χ4n) is 1.51. The maximum absolute atomic E-state index is 8.87. The van der Waals surface area contributed by atoms with Crippen LogP contribution in [0.1, 0.15) is 18.2 Å². The van der Waals surface area contributed by atoms with E-state index < -0.39 is 0 Å². The Kier molecular flexibility index (Phi) is 5.74. The second kappa shape index (κ2) is 7.14. The van der Waals surface area contributed by atoms with Crippen molar-refractivity contribution < 1.29 is 9.52 Å². The van der Waals surface area contributed by atoms with Gasteiger partial charge in [0, 0.05) is 26.4 Å². The molecule has 1 N–H and O–H groups in total. The molecule has 0 amide bonds. The van der Waals surface area contributed by atoms with Crippen LogP contribution in [0.15, 0.2) is 17.1 Å². The summed E-state index contributed by atoms with van der Waals surface area (Å²) >= 11 is 0. The predicted octanol–water partition coefficient (Wildman–Crippen LogP) is 0.791. The van der Waals surface area contributed by atoms with Crippen LogP contribution in [0.4, 0.5) is 0 Å². The fourth-order valence-corrected chi connectivity index (χ4v) is 1.51. The topological polar surface area (TPSA) is 62.4 Å². The number of aliphatic hydroxyl groups excluding tert-OH is 1. The molecule has 1 aromatic heterocycles. The van der Waals surface area contributed by atoms with Gasteiger partial charge in [0.2, 0.25) is 11.8 Å². The van der Waals surface area contributed by atoms with Gasteiger partial charge in [-0.2, -0.15) is 0 Å². The first-order valence-electron chi connectivity index (χ1n) is 5.49. The van der Waals surface area contributed by atoms with Crippen molar-refractivity contribution in [2.75, 3.05) is 26.2 Å². The van der Waals surface area contributed by atoms with E-state index in [-0.39, 0.29) is 6.61 Å². The molecule has 5 nitrogen and oxygen atoms in total. The molecule has 1 rings (SSSR count). The van der Waals surface area contributed by atoms with Crippen molar-refractivity contribution in [2.24, 2.45) is 0 Å². The summed E-state index contributed by atoms with van der Waals surface area (Å²) in [6.45, 7) is 8.01. The third-order valence-electron chi connectivity index (χ3n) is 2.24. The summed E-state index contributed by atoms with van der Waals surface area (Å²) in [7, 11) is 0. The van der Waals surface area contributed by atoms with Gasteiger partial charge < -0.3 is 9.52 Å². The zero-order valence-corrected chi connectivity index (χ0v) is 9.72. The average Bonchev–Trinajstić information content (AvgIpc) is 2.65. The minimum Gasteiger partial charge on any atom is -0.426 e. The highest BCUT2D eigenvalue weighted by molar-refractivity contribution is 4.80. The highest BCUT2D eigenvalue weighted by atomic mass is 16.4. The summed E-state index contributed by atoms with van der Waals surface area (Å²) in [5, 5.41) is 16.6. The molecule has 0 radical (unpaired) electrons. The maximum atomic E-state index is 8.87. The first-order valence-corrected chi connectivity index (χ1v) is 5.49. The van der Waals surface area contributed by atoms with E-state index in [9.17, 15) is 0 Å². The monoisotopic (exact) mass is 225 g/mol. The first kappa shape index (κ1) is 12.9. The van der Waals surface area contributed by atoms with Crippen LogP contribution in [0.5, 0.6) is 0 Å². The third kappa shape index (κ3) is 4.55. The SMILES string of the molecule is C=CCN(CCO)CCCc1nnc(C)o1. The summed E-state index contributed by atoms with van der Waals surface area (Å²) < 4.78 is 5.27. The highest BCUT2D eigenvalue weighted by Gasteiger charge is 2.05. The molecule has 0 bridgehead atoms. The smallest absolute Gasteiger partial charge is 0.216 e. The molecule has 0 saturated heterocycles. The molecule has 90 valence electrons. The van der Waals surface area contributed by atoms with Gasteiger partial charge in [-0.05, 0) is 13.0 Å². The van der Waals surface area contributed by atoms with E-state index in [2.05, 4.69) is 21.7 Å². The van der Waals surface area contributed by atoms with Gasteiger partial charge in [-0.15, -0.1) is 16.8 Å². The highest BCUT2D eigenvalue weighted by Crippen LogP contribution is 2.02. The van der Waals surface area contributed by atoms with Gasteiger partial charge in [-0.25, -0.2) is 0 Å². The minimum atomic E-state index is 0.174. The molecule has 1 aromatic rings. The number of aryl methyl sites for hydroxylation is 2. The summed E-state index contributed by atoms with van der Waals surface area (Å²) in [6, 6.07) is 0. The molecule has 5 heteroatoms. The second-order valence-corrected chi connectivity index (χ2v) is 3.63. The molecule has 0 aliphatic heterocycles. The Labute approximate surface area is 95.8 Å². The molecule has 16 heavy (non-hydrogen) atoms. The van der Waals surface area contributed by atoms with Crippen molar-refractivity contribution in [1.82, 2.24) is 15.1 Å². The molecular weight excluding hydrogens is 206 g/mol. The van der Waals surface area contributed by atoms with E-state index in [1.165, 1.54) is 0 Å². The van der Waals surface area contributed by atoms with Gasteiger partial charge in [0.1, 0.15) is 0 Å². The van der Waals surface area contributed by atoms with Gasteiger partial charge in [0.15, 0.2) is 0 Å². The van der Waals surface area contributed by atoms with E-state index in [0.717, 1.165) is 25.9 Å². The van der Waals surface area contributed by atoms with Crippen molar-refractivity contribution in [3.8, 4) is 0 Å². The van der Waals surface area contributed by atoms with Gasteiger partial charge in [-0.3, -0.25) is 4.90 Å². The lowest BCUT2D eigenvalue weighted by Gasteiger charge is -2.18. The normalized spacial score (nSPS) is 10.9. The fraction of sp³-hybridized carbons (Fsp3) is 0.636. The molecule has 1 heterocycles. The van der Waals surface area contributed by atoms with E-state index in [1.54, 1.807) is 6.92 Å². The van der Waals surface area contributed by atoms with Crippen molar-refractivity contribution in [3.63, 3.8) is 0 Å². The number of aliphatic hydroxyl groups is 1. The molecular formula is C11H19N3O2. The molecule has 0 saturated carbocycles. The molecule has 0 aliphatic carbocycles. The number of hydrogen-bond donors (Lipinski definition) is 1. The van der Waals surface area contributed by atoms with Crippen molar-refractivity contribution in [3.05, 3.63) is 24.4 Å². The zero-order chi connectivity index (χ0) is 11.8. The van der Waals surface area contributed by atoms with E-state index in [0.29, 0.717) is 18.3 Å². The second-order valence-electron chi connectivity index (χ2n) is 3.63. The number of nitrogens with zero attached hydrogens (tertiary/aromatic N) is 3. The van der Waals surface area contributed by atoms with Gasteiger partial charge in [-0.1, -0.05) is 6.08 Å². The van der Waals surface area contributed by atoms with E-state index >= 15 is 0 Å². The minimum absolute atomic E-state index is 0.174. The summed E-state index contributed by atoms with van der Waals surface area (Å²) in [5.74, 6) is 1.29. The van der Waals surface area contributed by atoms with Gasteiger partial charge >= 0.3 is 0 Å². The average molecular weight is 225 g/mol. The van der Waals surface area contributed by atoms with Crippen LogP contribution < -0.4 is 0 Å². The molecule has 0 aliphatic rings.